The van der Waals surface area contributed by atoms with Crippen LogP contribution in [0.3, 0.4) is 0 Å². The molecule has 0 rings (SSSR count). The van der Waals surface area contributed by atoms with Gasteiger partial charge in [0, 0.05) is 25.9 Å². The number of hydrogen-bond acceptors (Lipinski definition) is 6. The van der Waals surface area contributed by atoms with Crippen molar-refractivity contribution in [1.82, 2.24) is 0 Å². The van der Waals surface area contributed by atoms with Crippen LogP contribution in [0.4, 0.5) is 0 Å². The zero-order valence-corrected chi connectivity index (χ0v) is 15.8. The van der Waals surface area contributed by atoms with Gasteiger partial charge >= 0.3 is 5.97 Å². The fraction of sp³-hybridized carbons (Fsp3) is 0.789. The highest BCUT2D eigenvalue weighted by atomic mass is 16.6. The topological polar surface area (TPSA) is 71.1 Å². The number of terminal acetylenes is 1. The van der Waals surface area contributed by atoms with E-state index in [4.69, 9.17) is 25.4 Å². The largest absolute Gasteiger partial charge is 0.460 e. The highest BCUT2D eigenvalue weighted by molar-refractivity contribution is 5.78. The molecule has 0 N–H and O–H groups in total. The van der Waals surface area contributed by atoms with Crippen LogP contribution in [0.5, 0.6) is 0 Å². The normalized spacial score (nSPS) is 11.1. The summed E-state index contributed by atoms with van der Waals surface area (Å²) in [5.41, 5.74) is -0.463. The molecule has 0 heterocycles. The fourth-order valence-electron chi connectivity index (χ4n) is 1.80. The summed E-state index contributed by atoms with van der Waals surface area (Å²) in [5.74, 6) is 2.37. The first-order chi connectivity index (χ1) is 11.8. The van der Waals surface area contributed by atoms with Gasteiger partial charge in [-0.2, -0.15) is 0 Å². The lowest BCUT2D eigenvalue weighted by atomic mass is 10.1. The maximum absolute atomic E-state index is 11.4. The number of ether oxygens (including phenoxy) is 4. The van der Waals surface area contributed by atoms with E-state index in [0.29, 0.717) is 65.3 Å². The molecule has 0 saturated carbocycles. The maximum atomic E-state index is 11.4. The van der Waals surface area contributed by atoms with Gasteiger partial charge in [0.15, 0.2) is 0 Å². The van der Waals surface area contributed by atoms with Crippen molar-refractivity contribution in [2.75, 3.05) is 39.6 Å². The number of Topliss-reactive ketones (excluding diaryl/α,β-unsaturated/α-hetero) is 1. The van der Waals surface area contributed by atoms with E-state index >= 15 is 0 Å². The van der Waals surface area contributed by atoms with E-state index in [2.05, 4.69) is 5.92 Å². The van der Waals surface area contributed by atoms with E-state index in [1.165, 1.54) is 0 Å². The summed E-state index contributed by atoms with van der Waals surface area (Å²) in [7, 11) is 0. The predicted molar refractivity (Wildman–Crippen MR) is 95.2 cm³/mol. The Morgan fingerprint density at radius 3 is 1.96 bits per heavy atom. The van der Waals surface area contributed by atoms with Gasteiger partial charge in [0.25, 0.3) is 0 Å². The van der Waals surface area contributed by atoms with Crippen LogP contribution in [0, 0.1) is 12.3 Å². The SMILES string of the molecule is C#CCCC(=O)CCCOCCOCCOCCC(=O)OC(C)(C)C. The van der Waals surface area contributed by atoms with Gasteiger partial charge in [-0.15, -0.1) is 12.3 Å². The van der Waals surface area contributed by atoms with Crippen LogP contribution in [0.15, 0.2) is 0 Å². The van der Waals surface area contributed by atoms with E-state index in [1.54, 1.807) is 0 Å². The second-order valence-corrected chi connectivity index (χ2v) is 6.52. The van der Waals surface area contributed by atoms with Gasteiger partial charge in [0.1, 0.15) is 11.4 Å². The molecule has 0 aliphatic rings. The van der Waals surface area contributed by atoms with Crippen molar-refractivity contribution < 1.29 is 28.5 Å². The number of carbonyl (C=O) groups excluding carboxylic acids is 2. The maximum Gasteiger partial charge on any atom is 0.308 e. The summed E-state index contributed by atoms with van der Waals surface area (Å²) < 4.78 is 21.2. The van der Waals surface area contributed by atoms with Crippen molar-refractivity contribution in [3.05, 3.63) is 0 Å². The lowest BCUT2D eigenvalue weighted by Crippen LogP contribution is -2.24. The Labute approximate surface area is 151 Å². The summed E-state index contributed by atoms with van der Waals surface area (Å²) in [4.78, 5) is 22.8. The number of rotatable bonds is 15. The van der Waals surface area contributed by atoms with Gasteiger partial charge in [-0.05, 0) is 27.2 Å². The van der Waals surface area contributed by atoms with Gasteiger partial charge < -0.3 is 18.9 Å². The van der Waals surface area contributed by atoms with Gasteiger partial charge in [-0.1, -0.05) is 0 Å². The third-order valence-corrected chi connectivity index (χ3v) is 2.91. The zero-order valence-electron chi connectivity index (χ0n) is 15.8. The third kappa shape index (κ3) is 18.8. The average molecular weight is 356 g/mol. The lowest BCUT2D eigenvalue weighted by molar-refractivity contribution is -0.156. The Bertz CT molecular complexity index is 405. The quantitative estimate of drug-likeness (QED) is 0.255. The first-order valence-electron chi connectivity index (χ1n) is 8.75. The van der Waals surface area contributed by atoms with Crippen molar-refractivity contribution in [2.45, 2.75) is 58.5 Å². The van der Waals surface area contributed by atoms with E-state index < -0.39 is 5.60 Å². The minimum Gasteiger partial charge on any atom is -0.460 e. The van der Waals surface area contributed by atoms with Crippen molar-refractivity contribution in [2.24, 2.45) is 0 Å². The Balaban J connectivity index is 3.26. The number of carbonyl (C=O) groups is 2. The molecule has 0 aliphatic heterocycles. The Hall–Kier alpha value is -1.42. The molecule has 0 aromatic heterocycles. The summed E-state index contributed by atoms with van der Waals surface area (Å²) in [6.45, 7) is 8.18. The van der Waals surface area contributed by atoms with Gasteiger partial charge in [0.05, 0.1) is 39.5 Å². The molecule has 0 spiro atoms. The molecule has 0 aromatic rings. The zero-order chi connectivity index (χ0) is 19.0. The standard InChI is InChI=1S/C19H32O6/c1-5-6-8-17(20)9-7-11-22-13-15-24-16-14-23-12-10-18(21)25-19(2,3)4/h1H,6-16H2,2-4H3. The second kappa shape index (κ2) is 14.9. The van der Waals surface area contributed by atoms with Crippen LogP contribution in [0.25, 0.3) is 0 Å². The minimum atomic E-state index is -0.463. The molecule has 0 aromatic carbocycles. The first kappa shape index (κ1) is 23.6. The van der Waals surface area contributed by atoms with Crippen molar-refractivity contribution in [3.8, 4) is 12.3 Å². The van der Waals surface area contributed by atoms with Gasteiger partial charge in [0.2, 0.25) is 0 Å². The van der Waals surface area contributed by atoms with E-state index in [1.807, 2.05) is 20.8 Å². The second-order valence-electron chi connectivity index (χ2n) is 6.52. The highest BCUT2D eigenvalue weighted by Crippen LogP contribution is 2.08. The predicted octanol–water partition coefficient (Wildman–Crippen LogP) is 2.53. The van der Waals surface area contributed by atoms with Crippen molar-refractivity contribution in [1.29, 1.82) is 0 Å². The van der Waals surface area contributed by atoms with Crippen LogP contribution < -0.4 is 0 Å². The lowest BCUT2D eigenvalue weighted by Gasteiger charge is -2.19. The molecule has 0 aliphatic carbocycles. The molecule has 6 nitrogen and oxygen atoms in total. The highest BCUT2D eigenvalue weighted by Gasteiger charge is 2.15. The number of ketones is 1. The molecule has 0 saturated heterocycles. The minimum absolute atomic E-state index is 0.182. The Kier molecular flexibility index (Phi) is 14.0. The van der Waals surface area contributed by atoms with Crippen LogP contribution in [0.1, 0.15) is 52.9 Å². The molecular weight excluding hydrogens is 324 g/mol. The molecule has 25 heavy (non-hydrogen) atoms. The smallest absolute Gasteiger partial charge is 0.308 e. The van der Waals surface area contributed by atoms with E-state index in [9.17, 15) is 9.59 Å². The molecular formula is C19H32O6. The number of esters is 1. The molecule has 0 amide bonds. The molecule has 0 fully saturated rings. The van der Waals surface area contributed by atoms with Gasteiger partial charge in [-0.3, -0.25) is 9.59 Å². The van der Waals surface area contributed by atoms with Crippen molar-refractivity contribution >= 4 is 11.8 Å². The van der Waals surface area contributed by atoms with Crippen LogP contribution in [-0.2, 0) is 28.5 Å². The molecule has 0 radical (unpaired) electrons. The fourth-order valence-corrected chi connectivity index (χ4v) is 1.80. The van der Waals surface area contributed by atoms with Crippen molar-refractivity contribution in [3.63, 3.8) is 0 Å². The molecule has 6 heteroatoms. The molecule has 0 unspecified atom stereocenters. The van der Waals surface area contributed by atoms with E-state index in [-0.39, 0.29) is 18.2 Å². The molecule has 0 bridgehead atoms. The summed E-state index contributed by atoms with van der Waals surface area (Å²) >= 11 is 0. The van der Waals surface area contributed by atoms with E-state index in [0.717, 1.165) is 0 Å². The number of hydrogen-bond donors (Lipinski definition) is 0. The summed E-state index contributed by atoms with van der Waals surface area (Å²) in [6.07, 6.45) is 7.51. The van der Waals surface area contributed by atoms with Crippen LogP contribution >= 0.6 is 0 Å². The average Bonchev–Trinajstić information content (AvgIpc) is 2.52. The summed E-state index contributed by atoms with van der Waals surface area (Å²) in [5, 5.41) is 0. The Morgan fingerprint density at radius 1 is 0.840 bits per heavy atom. The molecule has 144 valence electrons. The third-order valence-electron chi connectivity index (χ3n) is 2.91. The first-order valence-corrected chi connectivity index (χ1v) is 8.75. The van der Waals surface area contributed by atoms with Crippen LogP contribution in [0.2, 0.25) is 0 Å². The monoisotopic (exact) mass is 356 g/mol. The Morgan fingerprint density at radius 2 is 1.40 bits per heavy atom. The van der Waals surface area contributed by atoms with Crippen LogP contribution in [-0.4, -0.2) is 57.0 Å². The van der Waals surface area contributed by atoms with Gasteiger partial charge in [-0.25, -0.2) is 0 Å². The molecule has 0 atom stereocenters. The summed E-state index contributed by atoms with van der Waals surface area (Å²) in [6, 6.07) is 0.